The summed E-state index contributed by atoms with van der Waals surface area (Å²) in [4.78, 5) is 25.1. The van der Waals surface area contributed by atoms with Gasteiger partial charge in [0.1, 0.15) is 11.5 Å². The Morgan fingerprint density at radius 1 is 1.00 bits per heavy atom. The van der Waals surface area contributed by atoms with Gasteiger partial charge in [-0.3, -0.25) is 4.79 Å². The number of benzene rings is 3. The molecule has 0 aromatic heterocycles. The summed E-state index contributed by atoms with van der Waals surface area (Å²) in [6, 6.07) is 17.7. The van der Waals surface area contributed by atoms with Gasteiger partial charge in [0.2, 0.25) is 5.78 Å². The highest BCUT2D eigenvalue weighted by atomic mass is 79.9. The largest absolute Gasteiger partial charge is 0.452 e. The Balaban J connectivity index is 1.61. The first-order valence-corrected chi connectivity index (χ1v) is 10.3. The molecule has 3 aromatic carbocycles. The maximum atomic E-state index is 12.7. The number of carbonyl (C=O) groups is 2. The number of fused-ring (bicyclic) bond motifs is 1. The van der Waals surface area contributed by atoms with Gasteiger partial charge < -0.3 is 9.47 Å². The van der Waals surface area contributed by atoms with Crippen molar-refractivity contribution in [1.29, 1.82) is 0 Å². The molecule has 0 saturated carbocycles. The van der Waals surface area contributed by atoms with E-state index in [1.54, 1.807) is 49.4 Å². The molecule has 29 heavy (non-hydrogen) atoms. The first kappa shape index (κ1) is 19.6. The third kappa shape index (κ3) is 4.04. The van der Waals surface area contributed by atoms with Gasteiger partial charge in [-0.2, -0.15) is 0 Å². The molecule has 4 nitrogen and oxygen atoms in total. The van der Waals surface area contributed by atoms with Crippen molar-refractivity contribution >= 4 is 49.7 Å². The molecule has 1 aliphatic heterocycles. The van der Waals surface area contributed by atoms with Crippen LogP contribution in [0.1, 0.15) is 31.8 Å². The average Bonchev–Trinajstić information content (AvgIpc) is 3.01. The van der Waals surface area contributed by atoms with E-state index in [0.29, 0.717) is 28.2 Å². The molecule has 0 atom stereocenters. The van der Waals surface area contributed by atoms with Gasteiger partial charge in [-0.05, 0) is 67.1 Å². The number of halogens is 2. The second-order valence-electron chi connectivity index (χ2n) is 6.46. The molecule has 1 heterocycles. The van der Waals surface area contributed by atoms with Crippen molar-refractivity contribution in [2.24, 2.45) is 0 Å². The number of ketones is 1. The molecule has 144 valence electrons. The fraction of sp³-hybridized carbons (Fsp3) is 0.0435. The number of allylic oxidation sites excluding steroid dienone is 1. The lowest BCUT2D eigenvalue weighted by Crippen LogP contribution is -2.09. The molecule has 0 saturated heterocycles. The fourth-order valence-electron chi connectivity index (χ4n) is 2.97. The molecule has 0 spiro atoms. The van der Waals surface area contributed by atoms with Crippen molar-refractivity contribution in [2.75, 3.05) is 0 Å². The monoisotopic (exact) mass is 512 g/mol. The molecular formula is C23H14Br2O4. The van der Waals surface area contributed by atoms with E-state index in [2.05, 4.69) is 31.9 Å². The van der Waals surface area contributed by atoms with Crippen LogP contribution in [0.15, 0.2) is 75.4 Å². The zero-order valence-electron chi connectivity index (χ0n) is 15.2. The van der Waals surface area contributed by atoms with Crippen LogP contribution in [0.5, 0.6) is 11.5 Å². The van der Waals surface area contributed by atoms with Crippen molar-refractivity contribution in [3.8, 4) is 11.5 Å². The van der Waals surface area contributed by atoms with E-state index in [0.717, 1.165) is 14.5 Å². The maximum absolute atomic E-state index is 12.7. The van der Waals surface area contributed by atoms with Crippen molar-refractivity contribution in [3.05, 3.63) is 97.6 Å². The number of Topliss-reactive ketones (excluding diaryl/α,β-unsaturated/α-hetero) is 1. The summed E-state index contributed by atoms with van der Waals surface area (Å²) in [6.07, 6.45) is 1.69. The smallest absolute Gasteiger partial charge is 0.343 e. The van der Waals surface area contributed by atoms with E-state index >= 15 is 0 Å². The van der Waals surface area contributed by atoms with Crippen molar-refractivity contribution in [2.45, 2.75) is 6.92 Å². The van der Waals surface area contributed by atoms with E-state index in [1.165, 1.54) is 0 Å². The third-order valence-electron chi connectivity index (χ3n) is 4.47. The number of hydrogen-bond donors (Lipinski definition) is 0. The van der Waals surface area contributed by atoms with Crippen LogP contribution in [0.4, 0.5) is 0 Å². The topological polar surface area (TPSA) is 52.6 Å². The predicted octanol–water partition coefficient (Wildman–Crippen LogP) is 6.36. The van der Waals surface area contributed by atoms with Gasteiger partial charge in [0.05, 0.1) is 11.1 Å². The van der Waals surface area contributed by atoms with E-state index in [4.69, 9.17) is 9.47 Å². The lowest BCUT2D eigenvalue weighted by Gasteiger charge is -2.10. The van der Waals surface area contributed by atoms with Crippen LogP contribution in [0.25, 0.3) is 6.08 Å². The third-order valence-corrected chi connectivity index (χ3v) is 5.49. The normalized spacial score (nSPS) is 13.9. The highest BCUT2D eigenvalue weighted by Gasteiger charge is 2.30. The minimum atomic E-state index is -0.477. The Hall–Kier alpha value is -2.70. The molecule has 4 rings (SSSR count). The lowest BCUT2D eigenvalue weighted by atomic mass is 10.1. The van der Waals surface area contributed by atoms with Crippen molar-refractivity contribution in [1.82, 2.24) is 0 Å². The van der Waals surface area contributed by atoms with Gasteiger partial charge >= 0.3 is 5.97 Å². The zero-order chi connectivity index (χ0) is 20.5. The zero-order valence-corrected chi connectivity index (χ0v) is 18.4. The highest BCUT2D eigenvalue weighted by molar-refractivity contribution is 9.10. The molecule has 6 heteroatoms. The molecule has 0 bridgehead atoms. The Bertz CT molecular complexity index is 1160. The van der Waals surface area contributed by atoms with Crippen LogP contribution >= 0.6 is 31.9 Å². The van der Waals surface area contributed by atoms with Crippen LogP contribution in [-0.2, 0) is 0 Å². The number of carbonyl (C=O) groups excluding carboxylic acids is 2. The van der Waals surface area contributed by atoms with Crippen LogP contribution < -0.4 is 9.47 Å². The van der Waals surface area contributed by atoms with Crippen LogP contribution in [-0.4, -0.2) is 11.8 Å². The van der Waals surface area contributed by atoms with Gasteiger partial charge in [0.15, 0.2) is 5.76 Å². The van der Waals surface area contributed by atoms with Crippen molar-refractivity contribution < 1.29 is 19.1 Å². The second kappa shape index (κ2) is 7.97. The minimum absolute atomic E-state index is 0.200. The second-order valence-corrected chi connectivity index (χ2v) is 8.29. The minimum Gasteiger partial charge on any atom is -0.452 e. The van der Waals surface area contributed by atoms with Gasteiger partial charge in [-0.15, -0.1) is 0 Å². The van der Waals surface area contributed by atoms with E-state index < -0.39 is 5.97 Å². The first-order valence-electron chi connectivity index (χ1n) is 8.73. The summed E-state index contributed by atoms with van der Waals surface area (Å²) in [5, 5.41) is 0. The number of hydrogen-bond acceptors (Lipinski definition) is 4. The Kier molecular flexibility index (Phi) is 5.39. The highest BCUT2D eigenvalue weighted by Crippen LogP contribution is 2.39. The van der Waals surface area contributed by atoms with E-state index in [1.807, 2.05) is 24.3 Å². The van der Waals surface area contributed by atoms with Crippen LogP contribution in [0, 0.1) is 6.92 Å². The van der Waals surface area contributed by atoms with E-state index in [9.17, 15) is 9.59 Å². The molecule has 0 amide bonds. The summed E-state index contributed by atoms with van der Waals surface area (Å²) in [5.41, 5.74) is 2.32. The molecule has 0 aliphatic carbocycles. The standard InChI is InChI=1S/C23H14Br2O4/c1-13-19(29-23(27)15-5-7-16(24)8-6-15)10-9-18-21(26)20(28-22(13)18)12-14-3-2-4-17(25)11-14/h2-12H,1H3/b20-12-. The van der Waals surface area contributed by atoms with Gasteiger partial charge in [-0.25, -0.2) is 4.79 Å². The first-order chi connectivity index (χ1) is 13.9. The fourth-order valence-corrected chi connectivity index (χ4v) is 3.65. The van der Waals surface area contributed by atoms with Crippen LogP contribution in [0.2, 0.25) is 0 Å². The number of rotatable bonds is 3. The van der Waals surface area contributed by atoms with Gasteiger partial charge in [-0.1, -0.05) is 44.0 Å². The summed E-state index contributed by atoms with van der Waals surface area (Å²) < 4.78 is 13.2. The Morgan fingerprint density at radius 2 is 1.76 bits per heavy atom. The SMILES string of the molecule is Cc1c(OC(=O)c2ccc(Br)cc2)ccc2c1O/C(=C\c1cccc(Br)c1)C2=O. The molecule has 0 radical (unpaired) electrons. The maximum Gasteiger partial charge on any atom is 0.343 e. The number of ether oxygens (including phenoxy) is 2. The molecule has 3 aromatic rings. The molecule has 0 N–H and O–H groups in total. The Labute approximate surface area is 184 Å². The van der Waals surface area contributed by atoms with Gasteiger partial charge in [0, 0.05) is 14.5 Å². The Morgan fingerprint density at radius 3 is 2.48 bits per heavy atom. The van der Waals surface area contributed by atoms with E-state index in [-0.39, 0.29) is 11.5 Å². The molecule has 0 fully saturated rings. The summed E-state index contributed by atoms with van der Waals surface area (Å²) >= 11 is 6.75. The molecular weight excluding hydrogens is 500 g/mol. The van der Waals surface area contributed by atoms with Crippen LogP contribution in [0.3, 0.4) is 0 Å². The number of esters is 1. The summed E-state index contributed by atoms with van der Waals surface area (Å²) in [6.45, 7) is 1.76. The molecule has 1 aliphatic rings. The van der Waals surface area contributed by atoms with Crippen molar-refractivity contribution in [3.63, 3.8) is 0 Å². The average molecular weight is 514 g/mol. The quantitative estimate of drug-likeness (QED) is 0.232. The molecule has 0 unspecified atom stereocenters. The lowest BCUT2D eigenvalue weighted by molar-refractivity contribution is 0.0733. The van der Waals surface area contributed by atoms with Gasteiger partial charge in [0.25, 0.3) is 0 Å². The summed E-state index contributed by atoms with van der Waals surface area (Å²) in [7, 11) is 0. The summed E-state index contributed by atoms with van der Waals surface area (Å²) in [5.74, 6) is 0.326. The predicted molar refractivity (Wildman–Crippen MR) is 117 cm³/mol.